The van der Waals surface area contributed by atoms with Crippen molar-refractivity contribution in [3.8, 4) is 5.75 Å². The van der Waals surface area contributed by atoms with Crippen molar-refractivity contribution >= 4 is 46.6 Å². The van der Waals surface area contributed by atoms with Gasteiger partial charge in [-0.3, -0.25) is 0 Å². The zero-order valence-corrected chi connectivity index (χ0v) is 18.7. The number of rotatable bonds is 10. The number of nitrogens with zero attached hydrogens (tertiary/aromatic N) is 3. The van der Waals surface area contributed by atoms with Crippen LogP contribution in [-0.2, 0) is 18.7 Å². The highest BCUT2D eigenvalue weighted by Gasteiger charge is 2.12. The summed E-state index contributed by atoms with van der Waals surface area (Å²) in [6.45, 7) is 5.03. The standard InChI is InChI=1S/C21H20Cl3N3OS/c1-2-10-27-20(7-4-11-28-19-9-8-17(23)13-18(19)24)25-26-21(27)29-14-15-5-3-6-16(22)12-15/h2-3,5-6,8-9,12-13H,1,4,7,10-11,14H2. The largest absolute Gasteiger partial charge is 0.492 e. The molecule has 0 bridgehead atoms. The maximum atomic E-state index is 6.13. The number of ether oxygens (including phenoxy) is 1. The van der Waals surface area contributed by atoms with Crippen LogP contribution in [0.2, 0.25) is 15.1 Å². The van der Waals surface area contributed by atoms with E-state index in [1.165, 1.54) is 0 Å². The van der Waals surface area contributed by atoms with E-state index in [9.17, 15) is 0 Å². The SMILES string of the molecule is C=CCn1c(CCCOc2ccc(Cl)cc2Cl)nnc1SCc1cccc(Cl)c1. The molecule has 0 aliphatic rings. The van der Waals surface area contributed by atoms with Crippen molar-refractivity contribution < 1.29 is 4.74 Å². The molecule has 1 heterocycles. The number of hydrogen-bond acceptors (Lipinski definition) is 4. The van der Waals surface area contributed by atoms with Gasteiger partial charge in [0.25, 0.3) is 0 Å². The molecule has 0 fully saturated rings. The molecule has 0 atom stereocenters. The molecule has 0 spiro atoms. The first-order chi connectivity index (χ1) is 14.1. The summed E-state index contributed by atoms with van der Waals surface area (Å²) in [5.41, 5.74) is 1.14. The Morgan fingerprint density at radius 3 is 2.66 bits per heavy atom. The fraction of sp³-hybridized carbons (Fsp3) is 0.238. The van der Waals surface area contributed by atoms with E-state index >= 15 is 0 Å². The molecule has 3 aromatic rings. The van der Waals surface area contributed by atoms with Gasteiger partial charge in [0.05, 0.1) is 11.6 Å². The minimum Gasteiger partial charge on any atom is -0.492 e. The summed E-state index contributed by atoms with van der Waals surface area (Å²) in [5, 5.41) is 11.4. The van der Waals surface area contributed by atoms with E-state index in [1.807, 2.05) is 30.3 Å². The number of benzene rings is 2. The van der Waals surface area contributed by atoms with E-state index in [0.717, 1.165) is 40.2 Å². The Balaban J connectivity index is 1.57. The summed E-state index contributed by atoms with van der Waals surface area (Å²) in [7, 11) is 0. The molecule has 0 aliphatic carbocycles. The summed E-state index contributed by atoms with van der Waals surface area (Å²) in [6, 6.07) is 13.0. The van der Waals surface area contributed by atoms with Crippen molar-refractivity contribution in [1.82, 2.24) is 14.8 Å². The van der Waals surface area contributed by atoms with E-state index in [4.69, 9.17) is 39.5 Å². The monoisotopic (exact) mass is 467 g/mol. The molecule has 4 nitrogen and oxygen atoms in total. The summed E-state index contributed by atoms with van der Waals surface area (Å²) < 4.78 is 7.83. The van der Waals surface area contributed by atoms with Gasteiger partial charge in [0.2, 0.25) is 0 Å². The van der Waals surface area contributed by atoms with Crippen LogP contribution in [0.1, 0.15) is 17.8 Å². The molecule has 0 amide bonds. The number of hydrogen-bond donors (Lipinski definition) is 0. The second kappa shape index (κ2) is 10.9. The van der Waals surface area contributed by atoms with Gasteiger partial charge in [-0.1, -0.05) is 64.8 Å². The van der Waals surface area contributed by atoms with Gasteiger partial charge in [-0.2, -0.15) is 0 Å². The molecule has 1 aromatic heterocycles. The molecule has 29 heavy (non-hydrogen) atoms. The molecular weight excluding hydrogens is 449 g/mol. The van der Waals surface area contributed by atoms with Crippen LogP contribution in [0.25, 0.3) is 0 Å². The van der Waals surface area contributed by atoms with Gasteiger partial charge in [-0.15, -0.1) is 16.8 Å². The van der Waals surface area contributed by atoms with Gasteiger partial charge in [-0.05, 0) is 42.3 Å². The molecule has 0 radical (unpaired) electrons. The predicted octanol–water partition coefficient (Wildman–Crippen LogP) is 6.73. The summed E-state index contributed by atoms with van der Waals surface area (Å²) in [6.07, 6.45) is 3.37. The first-order valence-electron chi connectivity index (χ1n) is 9.05. The lowest BCUT2D eigenvalue weighted by molar-refractivity contribution is 0.309. The van der Waals surface area contributed by atoms with Crippen molar-refractivity contribution in [2.75, 3.05) is 6.61 Å². The average Bonchev–Trinajstić information content (AvgIpc) is 3.07. The third-order valence-corrected chi connectivity index (χ3v) is 5.86. The quantitative estimate of drug-likeness (QED) is 0.188. The van der Waals surface area contributed by atoms with Crippen LogP contribution in [0, 0.1) is 0 Å². The predicted molar refractivity (Wildman–Crippen MR) is 122 cm³/mol. The van der Waals surface area contributed by atoms with Crippen molar-refractivity contribution in [3.63, 3.8) is 0 Å². The number of aryl methyl sites for hydroxylation is 1. The molecule has 0 saturated carbocycles. The Kier molecular flexibility index (Phi) is 8.30. The molecule has 0 unspecified atom stereocenters. The topological polar surface area (TPSA) is 39.9 Å². The van der Waals surface area contributed by atoms with Crippen molar-refractivity contribution in [2.45, 2.75) is 30.3 Å². The highest BCUT2D eigenvalue weighted by Crippen LogP contribution is 2.28. The van der Waals surface area contributed by atoms with Crippen molar-refractivity contribution in [2.24, 2.45) is 0 Å². The van der Waals surface area contributed by atoms with E-state index in [-0.39, 0.29) is 0 Å². The van der Waals surface area contributed by atoms with Crippen LogP contribution >= 0.6 is 46.6 Å². The highest BCUT2D eigenvalue weighted by molar-refractivity contribution is 7.98. The number of allylic oxidation sites excluding steroid dienone is 1. The summed E-state index contributed by atoms with van der Waals surface area (Å²) in [5.74, 6) is 2.30. The van der Waals surface area contributed by atoms with Crippen molar-refractivity contribution in [1.29, 1.82) is 0 Å². The lowest BCUT2D eigenvalue weighted by atomic mass is 10.2. The van der Waals surface area contributed by atoms with Gasteiger partial charge in [0, 0.05) is 28.8 Å². The smallest absolute Gasteiger partial charge is 0.191 e. The Morgan fingerprint density at radius 2 is 1.90 bits per heavy atom. The van der Waals surface area contributed by atoms with E-state index < -0.39 is 0 Å². The normalized spacial score (nSPS) is 10.9. The Labute approximate surface area is 189 Å². The first-order valence-corrected chi connectivity index (χ1v) is 11.2. The highest BCUT2D eigenvalue weighted by atomic mass is 35.5. The molecule has 8 heteroatoms. The second-order valence-electron chi connectivity index (χ2n) is 6.24. The minimum atomic E-state index is 0.507. The van der Waals surface area contributed by atoms with Crippen LogP contribution in [0.4, 0.5) is 0 Å². The Bertz CT molecular complexity index is 978. The van der Waals surface area contributed by atoms with Gasteiger partial charge < -0.3 is 9.30 Å². The lowest BCUT2D eigenvalue weighted by Gasteiger charge is -2.10. The number of halogens is 3. The zero-order chi connectivity index (χ0) is 20.6. The maximum Gasteiger partial charge on any atom is 0.191 e. The third kappa shape index (κ3) is 6.41. The van der Waals surface area contributed by atoms with E-state index in [2.05, 4.69) is 21.3 Å². The third-order valence-electron chi connectivity index (χ3n) is 4.06. The molecule has 152 valence electrons. The molecular formula is C21H20Cl3N3OS. The van der Waals surface area contributed by atoms with Gasteiger partial charge in [-0.25, -0.2) is 0 Å². The van der Waals surface area contributed by atoms with Crippen LogP contribution in [0.15, 0.2) is 60.3 Å². The molecule has 0 saturated heterocycles. The van der Waals surface area contributed by atoms with Gasteiger partial charge in [0.1, 0.15) is 11.6 Å². The molecule has 3 rings (SSSR count). The van der Waals surface area contributed by atoms with Crippen LogP contribution < -0.4 is 4.74 Å². The zero-order valence-electron chi connectivity index (χ0n) is 15.7. The Hall–Kier alpha value is -1.66. The van der Waals surface area contributed by atoms with E-state index in [0.29, 0.717) is 28.9 Å². The molecule has 0 aliphatic heterocycles. The average molecular weight is 469 g/mol. The molecule has 0 N–H and O–H groups in total. The first kappa shape index (κ1) is 22.0. The van der Waals surface area contributed by atoms with Crippen molar-refractivity contribution in [3.05, 3.63) is 81.6 Å². The van der Waals surface area contributed by atoms with Crippen LogP contribution in [-0.4, -0.2) is 21.4 Å². The number of aromatic nitrogens is 3. The summed E-state index contributed by atoms with van der Waals surface area (Å²) in [4.78, 5) is 0. The molecule has 2 aromatic carbocycles. The minimum absolute atomic E-state index is 0.507. The van der Waals surface area contributed by atoms with Gasteiger partial charge >= 0.3 is 0 Å². The van der Waals surface area contributed by atoms with Crippen LogP contribution in [0.5, 0.6) is 5.75 Å². The van der Waals surface area contributed by atoms with Gasteiger partial charge in [0.15, 0.2) is 5.16 Å². The fourth-order valence-electron chi connectivity index (χ4n) is 2.70. The lowest BCUT2D eigenvalue weighted by Crippen LogP contribution is -2.07. The Morgan fingerprint density at radius 1 is 1.07 bits per heavy atom. The maximum absolute atomic E-state index is 6.13. The number of thioether (sulfide) groups is 1. The van der Waals surface area contributed by atoms with Crippen LogP contribution in [0.3, 0.4) is 0 Å². The second-order valence-corrected chi connectivity index (χ2v) is 8.47. The fourth-order valence-corrected chi connectivity index (χ4v) is 4.29. The summed E-state index contributed by atoms with van der Waals surface area (Å²) >= 11 is 19.7. The van der Waals surface area contributed by atoms with E-state index in [1.54, 1.807) is 30.0 Å².